The van der Waals surface area contributed by atoms with Gasteiger partial charge < -0.3 is 10.6 Å². The topological polar surface area (TPSA) is 71.1 Å². The lowest BCUT2D eigenvalue weighted by Gasteiger charge is -2.09. The third-order valence-corrected chi connectivity index (χ3v) is 3.67. The Labute approximate surface area is 145 Å². The van der Waals surface area contributed by atoms with Gasteiger partial charge in [0.15, 0.2) is 0 Å². The number of benzene rings is 2. The first-order valence-electron chi connectivity index (χ1n) is 7.83. The number of rotatable bonds is 5. The number of fused-ring (bicyclic) bond motifs is 1. The number of hydrogen-bond donors (Lipinski definition) is 2. The molecule has 124 valence electrons. The predicted octanol–water partition coefficient (Wildman–Crippen LogP) is 3.40. The molecule has 1 heterocycles. The molecule has 5 heteroatoms. The van der Waals surface area contributed by atoms with Gasteiger partial charge in [-0.15, -0.1) is 6.58 Å². The maximum atomic E-state index is 12.6. The van der Waals surface area contributed by atoms with Crippen molar-refractivity contribution < 1.29 is 9.59 Å². The summed E-state index contributed by atoms with van der Waals surface area (Å²) in [5, 5.41) is 6.49. The number of nitrogens with one attached hydrogen (secondary N) is 2. The lowest BCUT2D eigenvalue weighted by Crippen LogP contribution is -2.23. The lowest BCUT2D eigenvalue weighted by atomic mass is 10.1. The molecule has 0 unspecified atom stereocenters. The molecule has 0 fully saturated rings. The fraction of sp³-hybridized carbons (Fsp3) is 0.0500. The van der Waals surface area contributed by atoms with Gasteiger partial charge in [0.2, 0.25) is 0 Å². The highest BCUT2D eigenvalue weighted by Crippen LogP contribution is 2.21. The van der Waals surface area contributed by atoms with Crippen molar-refractivity contribution in [1.29, 1.82) is 0 Å². The Hall–Kier alpha value is -3.47. The number of pyridine rings is 1. The highest BCUT2D eigenvalue weighted by molar-refractivity contribution is 6.09. The van der Waals surface area contributed by atoms with Crippen molar-refractivity contribution >= 4 is 28.4 Å². The second-order valence-electron chi connectivity index (χ2n) is 5.41. The van der Waals surface area contributed by atoms with Gasteiger partial charge in [-0.3, -0.25) is 14.6 Å². The highest BCUT2D eigenvalue weighted by atomic mass is 16.2. The zero-order chi connectivity index (χ0) is 17.6. The molecule has 0 aliphatic heterocycles. The molecular weight excluding hydrogens is 314 g/mol. The molecule has 0 aliphatic rings. The van der Waals surface area contributed by atoms with Crippen LogP contribution >= 0.6 is 0 Å². The van der Waals surface area contributed by atoms with Crippen LogP contribution < -0.4 is 10.6 Å². The smallest absolute Gasteiger partial charge is 0.255 e. The van der Waals surface area contributed by atoms with E-state index in [1.54, 1.807) is 42.6 Å². The largest absolute Gasteiger partial charge is 0.349 e. The van der Waals surface area contributed by atoms with Gasteiger partial charge in [0, 0.05) is 29.3 Å². The first kappa shape index (κ1) is 16.4. The van der Waals surface area contributed by atoms with Crippen LogP contribution in [0.3, 0.4) is 0 Å². The molecule has 0 spiro atoms. The van der Waals surface area contributed by atoms with Gasteiger partial charge in [0.05, 0.1) is 11.2 Å². The number of amides is 2. The van der Waals surface area contributed by atoms with Crippen molar-refractivity contribution in [2.45, 2.75) is 0 Å². The van der Waals surface area contributed by atoms with E-state index >= 15 is 0 Å². The summed E-state index contributed by atoms with van der Waals surface area (Å²) in [5.74, 6) is -0.544. The third kappa shape index (κ3) is 3.72. The van der Waals surface area contributed by atoms with Crippen LogP contribution in [0.1, 0.15) is 20.7 Å². The van der Waals surface area contributed by atoms with E-state index in [4.69, 9.17) is 0 Å². The van der Waals surface area contributed by atoms with Gasteiger partial charge in [-0.05, 0) is 30.3 Å². The average Bonchev–Trinajstić information content (AvgIpc) is 2.66. The fourth-order valence-corrected chi connectivity index (χ4v) is 2.47. The van der Waals surface area contributed by atoms with Crippen LogP contribution in [0.2, 0.25) is 0 Å². The summed E-state index contributed by atoms with van der Waals surface area (Å²) in [4.78, 5) is 28.9. The van der Waals surface area contributed by atoms with E-state index < -0.39 is 0 Å². The summed E-state index contributed by atoms with van der Waals surface area (Å²) in [7, 11) is 0. The van der Waals surface area contributed by atoms with Crippen LogP contribution in [0.15, 0.2) is 73.4 Å². The van der Waals surface area contributed by atoms with Gasteiger partial charge in [-0.1, -0.05) is 30.3 Å². The number of para-hydroxylation sites is 1. The summed E-state index contributed by atoms with van der Waals surface area (Å²) in [6.45, 7) is 3.93. The minimum absolute atomic E-state index is 0.249. The van der Waals surface area contributed by atoms with Crippen molar-refractivity contribution in [2.75, 3.05) is 11.9 Å². The quantitative estimate of drug-likeness (QED) is 0.704. The van der Waals surface area contributed by atoms with Crippen molar-refractivity contribution in [3.63, 3.8) is 0 Å². The summed E-state index contributed by atoms with van der Waals surface area (Å²) in [6.07, 6.45) is 3.28. The standard InChI is InChI=1S/C20H17N3O2/c1-2-11-22-19(24)15-7-3-8-16(13-15)20(25)23-17-10-4-6-14-9-5-12-21-18(14)17/h2-10,12-13H,1,11H2,(H,22,24)(H,23,25). The molecule has 2 aromatic carbocycles. The molecule has 0 bridgehead atoms. The molecule has 3 rings (SSSR count). The molecule has 1 aromatic heterocycles. The minimum atomic E-state index is -0.295. The van der Waals surface area contributed by atoms with E-state index in [1.807, 2.05) is 24.3 Å². The maximum Gasteiger partial charge on any atom is 0.255 e. The Morgan fingerprint density at radius 1 is 1.00 bits per heavy atom. The Kier molecular flexibility index (Phi) is 4.85. The molecule has 25 heavy (non-hydrogen) atoms. The van der Waals surface area contributed by atoms with E-state index in [2.05, 4.69) is 22.2 Å². The first-order chi connectivity index (χ1) is 12.2. The van der Waals surface area contributed by atoms with Crippen molar-refractivity contribution in [2.24, 2.45) is 0 Å². The van der Waals surface area contributed by atoms with E-state index in [-0.39, 0.29) is 11.8 Å². The van der Waals surface area contributed by atoms with Crippen LogP contribution in [0, 0.1) is 0 Å². The van der Waals surface area contributed by atoms with Crippen LogP contribution in [0.4, 0.5) is 5.69 Å². The van der Waals surface area contributed by atoms with Gasteiger partial charge in [0.25, 0.3) is 11.8 Å². The predicted molar refractivity (Wildman–Crippen MR) is 98.7 cm³/mol. The van der Waals surface area contributed by atoms with E-state index in [0.717, 1.165) is 10.9 Å². The normalized spacial score (nSPS) is 10.2. The minimum Gasteiger partial charge on any atom is -0.349 e. The molecule has 0 saturated carbocycles. The van der Waals surface area contributed by atoms with Crippen molar-refractivity contribution in [1.82, 2.24) is 10.3 Å². The number of anilines is 1. The van der Waals surface area contributed by atoms with E-state index in [0.29, 0.717) is 23.4 Å². The number of nitrogens with zero attached hydrogens (tertiary/aromatic N) is 1. The number of carbonyl (C=O) groups excluding carboxylic acids is 2. The fourth-order valence-electron chi connectivity index (χ4n) is 2.47. The SMILES string of the molecule is C=CCNC(=O)c1cccc(C(=O)Nc2cccc3cccnc23)c1. The molecule has 2 N–H and O–H groups in total. The van der Waals surface area contributed by atoms with Gasteiger partial charge >= 0.3 is 0 Å². The number of hydrogen-bond acceptors (Lipinski definition) is 3. The molecule has 0 atom stereocenters. The lowest BCUT2D eigenvalue weighted by molar-refractivity contribution is 0.0958. The van der Waals surface area contributed by atoms with E-state index in [1.165, 1.54) is 0 Å². The van der Waals surface area contributed by atoms with Crippen LogP contribution in [-0.4, -0.2) is 23.3 Å². The number of aromatic nitrogens is 1. The zero-order valence-corrected chi connectivity index (χ0v) is 13.5. The van der Waals surface area contributed by atoms with Crippen molar-refractivity contribution in [3.05, 3.63) is 84.6 Å². The molecule has 0 radical (unpaired) electrons. The van der Waals surface area contributed by atoms with Crippen LogP contribution in [0.5, 0.6) is 0 Å². The van der Waals surface area contributed by atoms with Gasteiger partial charge in [-0.2, -0.15) is 0 Å². The Morgan fingerprint density at radius 3 is 2.52 bits per heavy atom. The van der Waals surface area contributed by atoms with E-state index in [9.17, 15) is 9.59 Å². The maximum absolute atomic E-state index is 12.6. The monoisotopic (exact) mass is 331 g/mol. The Bertz CT molecular complexity index is 945. The molecule has 0 saturated heterocycles. The summed E-state index contributed by atoms with van der Waals surface area (Å²) in [6, 6.07) is 15.9. The Morgan fingerprint density at radius 2 is 1.72 bits per heavy atom. The molecule has 2 amide bonds. The first-order valence-corrected chi connectivity index (χ1v) is 7.83. The van der Waals surface area contributed by atoms with Gasteiger partial charge in [-0.25, -0.2) is 0 Å². The summed E-state index contributed by atoms with van der Waals surface area (Å²) >= 11 is 0. The molecule has 3 aromatic rings. The molecular formula is C20H17N3O2. The number of carbonyl (C=O) groups is 2. The second kappa shape index (κ2) is 7.40. The molecule has 5 nitrogen and oxygen atoms in total. The summed E-state index contributed by atoms with van der Waals surface area (Å²) in [5.41, 5.74) is 2.17. The van der Waals surface area contributed by atoms with Crippen LogP contribution in [-0.2, 0) is 0 Å². The van der Waals surface area contributed by atoms with Crippen molar-refractivity contribution in [3.8, 4) is 0 Å². The van der Waals surface area contributed by atoms with Gasteiger partial charge in [0.1, 0.15) is 0 Å². The average molecular weight is 331 g/mol. The summed E-state index contributed by atoms with van der Waals surface area (Å²) < 4.78 is 0. The third-order valence-electron chi connectivity index (χ3n) is 3.67. The highest BCUT2D eigenvalue weighted by Gasteiger charge is 2.12. The zero-order valence-electron chi connectivity index (χ0n) is 13.5. The van der Waals surface area contributed by atoms with Crippen LogP contribution in [0.25, 0.3) is 10.9 Å². The second-order valence-corrected chi connectivity index (χ2v) is 5.41. The molecule has 0 aliphatic carbocycles. The Balaban J connectivity index is 1.83.